The SMILES string of the molecule is CCNc1ccc([N+](=O)[O-])c(N(C)CCOCC)n1. The first kappa shape index (κ1) is 15.2. The summed E-state index contributed by atoms with van der Waals surface area (Å²) in [6.45, 7) is 6.26. The number of hydrogen-bond acceptors (Lipinski definition) is 6. The van der Waals surface area contributed by atoms with E-state index in [1.54, 1.807) is 18.0 Å². The van der Waals surface area contributed by atoms with E-state index in [1.807, 2.05) is 13.8 Å². The first-order valence-corrected chi connectivity index (χ1v) is 6.28. The maximum atomic E-state index is 11.0. The fourth-order valence-electron chi connectivity index (χ4n) is 1.60. The van der Waals surface area contributed by atoms with Crippen LogP contribution >= 0.6 is 0 Å². The second-order valence-corrected chi connectivity index (χ2v) is 3.95. The van der Waals surface area contributed by atoms with E-state index >= 15 is 0 Å². The van der Waals surface area contributed by atoms with Gasteiger partial charge in [0.05, 0.1) is 11.5 Å². The van der Waals surface area contributed by atoms with Gasteiger partial charge in [-0.3, -0.25) is 10.1 Å². The lowest BCUT2D eigenvalue weighted by Crippen LogP contribution is -2.24. The van der Waals surface area contributed by atoms with Gasteiger partial charge in [-0.15, -0.1) is 0 Å². The minimum absolute atomic E-state index is 0.000603. The number of likely N-dealkylation sites (N-methyl/N-ethyl adjacent to an activating group) is 1. The van der Waals surface area contributed by atoms with Gasteiger partial charge in [0, 0.05) is 32.8 Å². The highest BCUT2D eigenvalue weighted by atomic mass is 16.6. The van der Waals surface area contributed by atoms with E-state index in [0.29, 0.717) is 37.9 Å². The van der Waals surface area contributed by atoms with Crippen molar-refractivity contribution in [2.24, 2.45) is 0 Å². The third-order valence-electron chi connectivity index (χ3n) is 2.55. The van der Waals surface area contributed by atoms with Gasteiger partial charge >= 0.3 is 5.69 Å². The Balaban J connectivity index is 2.92. The van der Waals surface area contributed by atoms with Crippen LogP contribution in [0, 0.1) is 10.1 Å². The molecule has 1 rings (SSSR count). The van der Waals surface area contributed by atoms with Crippen molar-refractivity contribution in [1.29, 1.82) is 0 Å². The number of nitrogens with zero attached hydrogens (tertiary/aromatic N) is 3. The molecule has 0 bridgehead atoms. The molecule has 1 aromatic rings. The van der Waals surface area contributed by atoms with Crippen molar-refractivity contribution in [3.63, 3.8) is 0 Å². The van der Waals surface area contributed by atoms with Gasteiger partial charge in [0.15, 0.2) is 0 Å². The summed E-state index contributed by atoms with van der Waals surface area (Å²) >= 11 is 0. The normalized spacial score (nSPS) is 10.3. The third-order valence-corrected chi connectivity index (χ3v) is 2.55. The Morgan fingerprint density at radius 1 is 1.47 bits per heavy atom. The molecule has 0 aliphatic carbocycles. The number of pyridine rings is 1. The first-order valence-electron chi connectivity index (χ1n) is 6.28. The van der Waals surface area contributed by atoms with Crippen LogP contribution in [0.15, 0.2) is 12.1 Å². The molecule has 0 aliphatic rings. The van der Waals surface area contributed by atoms with Crippen molar-refractivity contribution in [1.82, 2.24) is 4.98 Å². The number of rotatable bonds is 8. The van der Waals surface area contributed by atoms with E-state index in [2.05, 4.69) is 10.3 Å². The molecule has 1 aromatic heterocycles. The highest BCUT2D eigenvalue weighted by Gasteiger charge is 2.19. The molecule has 19 heavy (non-hydrogen) atoms. The smallest absolute Gasteiger partial charge is 0.311 e. The van der Waals surface area contributed by atoms with Gasteiger partial charge in [0.25, 0.3) is 0 Å². The van der Waals surface area contributed by atoms with Crippen LogP contribution in [-0.2, 0) is 4.74 Å². The van der Waals surface area contributed by atoms with E-state index in [1.165, 1.54) is 6.07 Å². The quantitative estimate of drug-likeness (QED) is 0.440. The summed E-state index contributed by atoms with van der Waals surface area (Å²) in [7, 11) is 1.77. The average molecular weight is 268 g/mol. The van der Waals surface area contributed by atoms with Crippen molar-refractivity contribution < 1.29 is 9.66 Å². The molecule has 0 unspecified atom stereocenters. The lowest BCUT2D eigenvalue weighted by molar-refractivity contribution is -0.384. The minimum atomic E-state index is -0.421. The molecule has 1 heterocycles. The van der Waals surface area contributed by atoms with Gasteiger partial charge in [-0.1, -0.05) is 0 Å². The zero-order valence-corrected chi connectivity index (χ0v) is 11.5. The molecule has 0 aliphatic heterocycles. The number of anilines is 2. The van der Waals surface area contributed by atoms with Gasteiger partial charge in [-0.25, -0.2) is 4.98 Å². The fraction of sp³-hybridized carbons (Fsp3) is 0.583. The topological polar surface area (TPSA) is 80.5 Å². The predicted octanol–water partition coefficient (Wildman–Crippen LogP) is 1.89. The number of hydrogen-bond donors (Lipinski definition) is 1. The Labute approximate surface area is 112 Å². The highest BCUT2D eigenvalue weighted by molar-refractivity contribution is 5.61. The second-order valence-electron chi connectivity index (χ2n) is 3.95. The average Bonchev–Trinajstić information content (AvgIpc) is 2.39. The number of nitro groups is 1. The van der Waals surface area contributed by atoms with E-state index in [9.17, 15) is 10.1 Å². The second kappa shape index (κ2) is 7.52. The molecule has 0 atom stereocenters. The van der Waals surface area contributed by atoms with Crippen molar-refractivity contribution in [3.8, 4) is 0 Å². The summed E-state index contributed by atoms with van der Waals surface area (Å²) in [5.41, 5.74) is 0.000603. The van der Waals surface area contributed by atoms with Crippen LogP contribution in [0.5, 0.6) is 0 Å². The molecule has 0 spiro atoms. The zero-order valence-electron chi connectivity index (χ0n) is 11.5. The van der Waals surface area contributed by atoms with Gasteiger partial charge in [0.1, 0.15) is 5.82 Å². The summed E-state index contributed by atoms with van der Waals surface area (Å²) < 4.78 is 5.25. The third kappa shape index (κ3) is 4.36. The summed E-state index contributed by atoms with van der Waals surface area (Å²) in [6.07, 6.45) is 0. The van der Waals surface area contributed by atoms with Crippen LogP contribution in [0.4, 0.5) is 17.3 Å². The van der Waals surface area contributed by atoms with Gasteiger partial charge in [-0.05, 0) is 19.9 Å². The van der Waals surface area contributed by atoms with Gasteiger partial charge in [0.2, 0.25) is 5.82 Å². The molecule has 0 aromatic carbocycles. The first-order chi connectivity index (χ1) is 9.10. The largest absolute Gasteiger partial charge is 0.380 e. The van der Waals surface area contributed by atoms with Crippen molar-refractivity contribution in [2.75, 3.05) is 43.6 Å². The zero-order chi connectivity index (χ0) is 14.3. The Bertz CT molecular complexity index is 425. The van der Waals surface area contributed by atoms with Gasteiger partial charge < -0.3 is 15.0 Å². The summed E-state index contributed by atoms with van der Waals surface area (Å²) in [5, 5.41) is 14.1. The van der Waals surface area contributed by atoms with Crippen LogP contribution in [0.3, 0.4) is 0 Å². The maximum absolute atomic E-state index is 11.0. The maximum Gasteiger partial charge on any atom is 0.311 e. The Kier molecular flexibility index (Phi) is 6.01. The van der Waals surface area contributed by atoms with E-state index in [-0.39, 0.29) is 5.69 Å². The molecule has 0 radical (unpaired) electrons. The van der Waals surface area contributed by atoms with Crippen LogP contribution in [0.2, 0.25) is 0 Å². The number of ether oxygens (including phenoxy) is 1. The van der Waals surface area contributed by atoms with E-state index < -0.39 is 4.92 Å². The molecular weight excluding hydrogens is 248 g/mol. The minimum Gasteiger partial charge on any atom is -0.380 e. The molecule has 1 N–H and O–H groups in total. The molecule has 106 valence electrons. The predicted molar refractivity (Wildman–Crippen MR) is 74.8 cm³/mol. The lowest BCUT2D eigenvalue weighted by Gasteiger charge is -2.18. The Hall–Kier alpha value is -1.89. The van der Waals surface area contributed by atoms with Crippen LogP contribution in [-0.4, -0.2) is 43.3 Å². The van der Waals surface area contributed by atoms with Gasteiger partial charge in [-0.2, -0.15) is 0 Å². The standard InChI is InChI=1S/C12H20N4O3/c1-4-13-11-7-6-10(16(17)18)12(14-11)15(3)8-9-19-5-2/h6-7H,4-5,8-9H2,1-3H3,(H,13,14). The number of aromatic nitrogens is 1. The molecule has 7 nitrogen and oxygen atoms in total. The van der Waals surface area contributed by atoms with Crippen molar-refractivity contribution in [3.05, 3.63) is 22.2 Å². The van der Waals surface area contributed by atoms with Crippen LogP contribution in [0.1, 0.15) is 13.8 Å². The molecule has 0 saturated carbocycles. The Morgan fingerprint density at radius 2 is 2.21 bits per heavy atom. The fourth-order valence-corrected chi connectivity index (χ4v) is 1.60. The van der Waals surface area contributed by atoms with E-state index in [0.717, 1.165) is 0 Å². The summed E-state index contributed by atoms with van der Waals surface area (Å²) in [6, 6.07) is 3.08. The van der Waals surface area contributed by atoms with Crippen molar-refractivity contribution >= 4 is 17.3 Å². The molecule has 7 heteroatoms. The monoisotopic (exact) mass is 268 g/mol. The molecule has 0 amide bonds. The van der Waals surface area contributed by atoms with Crippen molar-refractivity contribution in [2.45, 2.75) is 13.8 Å². The summed E-state index contributed by atoms with van der Waals surface area (Å²) in [4.78, 5) is 16.6. The summed E-state index contributed by atoms with van der Waals surface area (Å²) in [5.74, 6) is 0.981. The molecule has 0 saturated heterocycles. The van der Waals surface area contributed by atoms with Crippen LogP contribution in [0.25, 0.3) is 0 Å². The lowest BCUT2D eigenvalue weighted by atomic mass is 10.3. The number of nitrogens with one attached hydrogen (secondary N) is 1. The Morgan fingerprint density at radius 3 is 2.79 bits per heavy atom. The molecular formula is C12H20N4O3. The van der Waals surface area contributed by atoms with E-state index in [4.69, 9.17) is 4.74 Å². The highest BCUT2D eigenvalue weighted by Crippen LogP contribution is 2.26. The van der Waals surface area contributed by atoms with Crippen LogP contribution < -0.4 is 10.2 Å². The molecule has 0 fully saturated rings.